The van der Waals surface area contributed by atoms with Crippen LogP contribution < -0.4 is 10.1 Å². The fourth-order valence-electron chi connectivity index (χ4n) is 2.51. The zero-order valence-corrected chi connectivity index (χ0v) is 20.5. The molecular formula is C20H14Cl2F8N2OS2. The molecule has 0 aliphatic rings. The summed E-state index contributed by atoms with van der Waals surface area (Å²) in [6, 6.07) is 5.22. The van der Waals surface area contributed by atoms with Gasteiger partial charge in [-0.15, -0.1) is 11.8 Å². The fraction of sp³-hybridized carbons (Fsp3) is 0.300. The van der Waals surface area contributed by atoms with E-state index in [1.54, 1.807) is 6.92 Å². The van der Waals surface area contributed by atoms with Gasteiger partial charge in [0.2, 0.25) is 0 Å². The van der Waals surface area contributed by atoms with Gasteiger partial charge in [-0.25, -0.2) is 18.2 Å². The molecule has 35 heavy (non-hydrogen) atoms. The van der Waals surface area contributed by atoms with Crippen LogP contribution in [-0.4, -0.2) is 34.4 Å². The Labute approximate surface area is 213 Å². The average Bonchev–Trinajstić information content (AvgIpc) is 2.72. The number of benzene rings is 2. The summed E-state index contributed by atoms with van der Waals surface area (Å²) in [4.78, 5) is 4.09. The van der Waals surface area contributed by atoms with Gasteiger partial charge in [-0.2, -0.15) is 22.0 Å². The van der Waals surface area contributed by atoms with E-state index in [9.17, 15) is 35.1 Å². The van der Waals surface area contributed by atoms with Crippen molar-refractivity contribution in [2.45, 2.75) is 31.8 Å². The number of nitrogens with zero attached hydrogens (tertiary/aromatic N) is 1. The molecule has 192 valence electrons. The van der Waals surface area contributed by atoms with Crippen molar-refractivity contribution in [2.75, 3.05) is 11.1 Å². The van der Waals surface area contributed by atoms with E-state index in [-0.39, 0.29) is 27.8 Å². The standard InChI is InChI=1S/C20H14Cl2F8N2OS2/c1-2-35-15(8-10-13(23)4-3-5-14(10)24)32-18(34)31-9-6-11(21)16(12(22)7-9)33-20(29,30)17(25)19(26,27)28/h3-7,17H,2,8H2,1H3,(H,31,34). The van der Waals surface area contributed by atoms with Crippen LogP contribution in [0.5, 0.6) is 5.75 Å². The molecule has 0 aliphatic heterocycles. The number of hydrogen-bond acceptors (Lipinski definition) is 3. The van der Waals surface area contributed by atoms with Gasteiger partial charge in [0.15, 0.2) is 10.9 Å². The number of halogens is 10. The first-order chi connectivity index (χ1) is 16.2. The predicted octanol–water partition coefficient (Wildman–Crippen LogP) is 8.23. The smallest absolute Gasteiger partial charge is 0.427 e. The average molecular weight is 585 g/mol. The molecule has 0 aromatic heterocycles. The van der Waals surface area contributed by atoms with E-state index >= 15 is 0 Å². The maximum absolute atomic E-state index is 14.0. The molecule has 0 spiro atoms. The second kappa shape index (κ2) is 11.9. The molecule has 1 unspecified atom stereocenters. The summed E-state index contributed by atoms with van der Waals surface area (Å²) < 4.78 is 109. The Kier molecular flexibility index (Phi) is 10.0. The molecule has 2 aromatic carbocycles. The van der Waals surface area contributed by atoms with Gasteiger partial charge in [-0.05, 0) is 42.2 Å². The molecule has 0 amide bonds. The third-order valence-corrected chi connectivity index (χ3v) is 5.61. The SMILES string of the molecule is CCSC(Cc1c(F)cccc1F)=NC(=S)Nc1cc(Cl)c(OC(F)(F)C(F)C(F)(F)F)c(Cl)c1. The van der Waals surface area contributed by atoms with Gasteiger partial charge in [0, 0.05) is 17.7 Å². The van der Waals surface area contributed by atoms with Crippen LogP contribution in [0, 0.1) is 11.6 Å². The lowest BCUT2D eigenvalue weighted by molar-refractivity contribution is -0.304. The number of thiocarbonyl (C=S) groups is 1. The van der Waals surface area contributed by atoms with Crippen molar-refractivity contribution >= 4 is 63.0 Å². The molecule has 1 atom stereocenters. The van der Waals surface area contributed by atoms with Crippen LogP contribution in [0.4, 0.5) is 40.8 Å². The summed E-state index contributed by atoms with van der Waals surface area (Å²) in [6.45, 7) is 1.77. The van der Waals surface area contributed by atoms with Crippen molar-refractivity contribution in [1.82, 2.24) is 0 Å². The molecule has 2 aromatic rings. The van der Waals surface area contributed by atoms with Gasteiger partial charge < -0.3 is 10.1 Å². The second-order valence-corrected chi connectivity index (χ2v) is 9.12. The number of nitrogens with one attached hydrogen (secondary N) is 1. The lowest BCUT2D eigenvalue weighted by atomic mass is 10.1. The van der Waals surface area contributed by atoms with Crippen LogP contribution in [-0.2, 0) is 6.42 Å². The minimum Gasteiger partial charge on any atom is -0.427 e. The molecule has 0 aliphatic carbocycles. The Hall–Kier alpha value is -1.83. The summed E-state index contributed by atoms with van der Waals surface area (Å²) in [7, 11) is 0. The predicted molar refractivity (Wildman–Crippen MR) is 125 cm³/mol. The third-order valence-electron chi connectivity index (χ3n) is 4.00. The molecule has 0 fully saturated rings. The number of hydrogen-bond donors (Lipinski definition) is 1. The highest BCUT2D eigenvalue weighted by molar-refractivity contribution is 8.14. The van der Waals surface area contributed by atoms with Crippen molar-refractivity contribution < 1.29 is 39.9 Å². The highest BCUT2D eigenvalue weighted by atomic mass is 35.5. The lowest BCUT2D eigenvalue weighted by Crippen LogP contribution is -2.45. The van der Waals surface area contributed by atoms with E-state index in [0.717, 1.165) is 36.0 Å². The van der Waals surface area contributed by atoms with E-state index in [0.29, 0.717) is 5.75 Å². The topological polar surface area (TPSA) is 33.6 Å². The minimum atomic E-state index is -5.89. The van der Waals surface area contributed by atoms with E-state index in [1.165, 1.54) is 6.07 Å². The molecule has 3 nitrogen and oxygen atoms in total. The summed E-state index contributed by atoms with van der Waals surface area (Å²) in [6.07, 6.45) is -16.1. The maximum Gasteiger partial charge on any atom is 0.439 e. The van der Waals surface area contributed by atoms with E-state index in [1.807, 2.05) is 0 Å². The monoisotopic (exact) mass is 584 g/mol. The summed E-state index contributed by atoms with van der Waals surface area (Å²) in [5.74, 6) is -2.16. The highest BCUT2D eigenvalue weighted by Crippen LogP contribution is 2.42. The Bertz CT molecular complexity index is 1070. The van der Waals surface area contributed by atoms with Crippen molar-refractivity contribution in [1.29, 1.82) is 0 Å². The zero-order chi connectivity index (χ0) is 26.6. The first-order valence-electron chi connectivity index (χ1n) is 9.36. The molecule has 0 saturated carbocycles. The van der Waals surface area contributed by atoms with Gasteiger partial charge >= 0.3 is 12.3 Å². The van der Waals surface area contributed by atoms with Crippen molar-refractivity contribution in [3.63, 3.8) is 0 Å². The van der Waals surface area contributed by atoms with Gasteiger partial charge in [0.05, 0.1) is 15.1 Å². The van der Waals surface area contributed by atoms with Gasteiger partial charge in [0.1, 0.15) is 11.6 Å². The largest absolute Gasteiger partial charge is 0.439 e. The first-order valence-corrected chi connectivity index (χ1v) is 11.5. The number of alkyl halides is 6. The molecule has 15 heteroatoms. The molecular weight excluding hydrogens is 571 g/mol. The van der Waals surface area contributed by atoms with Crippen LogP contribution in [0.3, 0.4) is 0 Å². The Morgan fingerprint density at radius 3 is 2.14 bits per heavy atom. The van der Waals surface area contributed by atoms with Crippen molar-refractivity contribution in [3.8, 4) is 5.75 Å². The van der Waals surface area contributed by atoms with E-state index < -0.39 is 45.9 Å². The van der Waals surface area contributed by atoms with Gasteiger partial charge in [-0.1, -0.05) is 36.2 Å². The Balaban J connectivity index is 2.23. The quantitative estimate of drug-likeness (QED) is 0.154. The van der Waals surface area contributed by atoms with Crippen LogP contribution in [0.25, 0.3) is 0 Å². The lowest BCUT2D eigenvalue weighted by Gasteiger charge is -2.24. The maximum atomic E-state index is 14.0. The molecule has 1 N–H and O–H groups in total. The van der Waals surface area contributed by atoms with Crippen LogP contribution >= 0.6 is 47.2 Å². The first kappa shape index (κ1) is 29.4. The van der Waals surface area contributed by atoms with Crippen molar-refractivity contribution in [3.05, 3.63) is 57.6 Å². The third kappa shape index (κ3) is 8.09. The summed E-state index contributed by atoms with van der Waals surface area (Å²) in [5, 5.41) is 1.19. The molecule has 0 saturated heterocycles. The van der Waals surface area contributed by atoms with Gasteiger partial charge in [0.25, 0.3) is 6.17 Å². The number of aliphatic imine (C=N–C) groups is 1. The van der Waals surface area contributed by atoms with E-state index in [2.05, 4.69) is 15.0 Å². The van der Waals surface area contributed by atoms with Crippen LogP contribution in [0.1, 0.15) is 12.5 Å². The summed E-state index contributed by atoms with van der Waals surface area (Å²) >= 11 is 17.8. The van der Waals surface area contributed by atoms with Gasteiger partial charge in [-0.3, -0.25) is 0 Å². The number of ether oxygens (including phenoxy) is 1. The zero-order valence-electron chi connectivity index (χ0n) is 17.3. The van der Waals surface area contributed by atoms with Crippen molar-refractivity contribution in [2.24, 2.45) is 4.99 Å². The summed E-state index contributed by atoms with van der Waals surface area (Å²) in [5.41, 5.74) is -0.261. The number of thioether (sulfide) groups is 1. The Morgan fingerprint density at radius 1 is 1.11 bits per heavy atom. The highest BCUT2D eigenvalue weighted by Gasteiger charge is 2.59. The van der Waals surface area contributed by atoms with E-state index in [4.69, 9.17) is 35.4 Å². The second-order valence-electron chi connectivity index (χ2n) is 6.58. The molecule has 0 bridgehead atoms. The molecule has 0 heterocycles. The molecule has 0 radical (unpaired) electrons. The van der Waals surface area contributed by atoms with Crippen LogP contribution in [0.2, 0.25) is 10.0 Å². The molecule has 2 rings (SSSR count). The van der Waals surface area contributed by atoms with Crippen LogP contribution in [0.15, 0.2) is 35.3 Å². The normalized spacial score (nSPS) is 13.5. The minimum absolute atomic E-state index is 0.0324. The Morgan fingerprint density at radius 2 is 1.66 bits per heavy atom. The number of rotatable bonds is 7. The fourth-order valence-corrected chi connectivity index (χ4v) is 4.10. The number of anilines is 1.